The summed E-state index contributed by atoms with van der Waals surface area (Å²) in [6, 6.07) is 8.46. The van der Waals surface area contributed by atoms with Crippen molar-refractivity contribution in [2.45, 2.75) is 72.0 Å². The van der Waals surface area contributed by atoms with Gasteiger partial charge in [0.15, 0.2) is 34.9 Å². The van der Waals surface area contributed by atoms with Gasteiger partial charge < -0.3 is 21.8 Å². The maximum Gasteiger partial charge on any atom is 0.673 e. The van der Waals surface area contributed by atoms with Gasteiger partial charge in [-0.05, 0) is 26.0 Å². The fraction of sp³-hybridized carbons (Fsp3) is 0.524. The van der Waals surface area contributed by atoms with Crippen LogP contribution in [-0.4, -0.2) is 25.7 Å². The Hall–Kier alpha value is -2.22. The molecule has 0 aromatic carbocycles. The van der Waals surface area contributed by atoms with Crippen LogP contribution in [0, 0.1) is 13.8 Å². The van der Waals surface area contributed by atoms with Crippen molar-refractivity contribution >= 4 is 17.4 Å². The molecule has 0 fully saturated rings. The molecule has 0 saturated carbocycles. The van der Waals surface area contributed by atoms with Crippen molar-refractivity contribution in [2.75, 3.05) is 0 Å². The molecule has 14 heteroatoms. The SMILES string of the molecule is CCCC[n+]1cccc(C)c1.CCCC[n+]1cccc(C)c1.F[B-](F)(F)F.O=S(=O)([O-])C(F)(F)F. The predicted molar refractivity (Wildman–Crippen MR) is 119 cm³/mol. The summed E-state index contributed by atoms with van der Waals surface area (Å²) in [6.07, 6.45) is 13.7. The third kappa shape index (κ3) is 23.3. The van der Waals surface area contributed by atoms with E-state index in [0.29, 0.717) is 0 Å². The van der Waals surface area contributed by atoms with Gasteiger partial charge in [-0.15, -0.1) is 0 Å². The van der Waals surface area contributed by atoms with Crippen LogP contribution in [0.3, 0.4) is 0 Å². The average molecular weight is 536 g/mol. The Balaban J connectivity index is 0. The van der Waals surface area contributed by atoms with Gasteiger partial charge in [0.2, 0.25) is 0 Å². The molecule has 0 aliphatic heterocycles. The molecule has 2 heterocycles. The lowest BCUT2D eigenvalue weighted by atomic mass is 10.3. The molecule has 202 valence electrons. The molecule has 5 nitrogen and oxygen atoms in total. The first kappa shape index (κ1) is 34.9. The van der Waals surface area contributed by atoms with E-state index in [0.717, 1.165) is 13.1 Å². The van der Waals surface area contributed by atoms with E-state index >= 15 is 0 Å². The first-order valence-electron chi connectivity index (χ1n) is 10.7. The van der Waals surface area contributed by atoms with Crippen molar-refractivity contribution in [3.05, 3.63) is 60.2 Å². The van der Waals surface area contributed by atoms with Crippen molar-refractivity contribution in [1.82, 2.24) is 0 Å². The van der Waals surface area contributed by atoms with E-state index in [9.17, 15) is 30.4 Å². The quantitative estimate of drug-likeness (QED) is 0.161. The van der Waals surface area contributed by atoms with Crippen molar-refractivity contribution in [3.8, 4) is 0 Å². The Labute approximate surface area is 202 Å². The number of hydrogen-bond donors (Lipinski definition) is 0. The van der Waals surface area contributed by atoms with Gasteiger partial charge in [-0.3, -0.25) is 0 Å². The molecule has 0 radical (unpaired) electrons. The Kier molecular flexibility index (Phi) is 17.2. The predicted octanol–water partition coefficient (Wildman–Crippen LogP) is 5.52. The van der Waals surface area contributed by atoms with Crippen LogP contribution in [-0.2, 0) is 23.2 Å². The van der Waals surface area contributed by atoms with Crippen LogP contribution in [0.2, 0.25) is 0 Å². The molecule has 0 amide bonds. The minimum atomic E-state index is -6.09. The van der Waals surface area contributed by atoms with Gasteiger partial charge in [-0.2, -0.15) is 13.2 Å². The van der Waals surface area contributed by atoms with Gasteiger partial charge in [0.1, 0.15) is 13.1 Å². The largest absolute Gasteiger partial charge is 0.741 e. The van der Waals surface area contributed by atoms with E-state index in [4.69, 9.17) is 13.0 Å². The molecule has 0 spiro atoms. The van der Waals surface area contributed by atoms with Crippen LogP contribution >= 0.6 is 0 Å². The zero-order chi connectivity index (χ0) is 27.7. The summed E-state index contributed by atoms with van der Waals surface area (Å²) < 4.78 is 102. The number of aromatic nitrogens is 2. The lowest BCUT2D eigenvalue weighted by molar-refractivity contribution is -0.697. The van der Waals surface area contributed by atoms with Gasteiger partial charge >= 0.3 is 12.8 Å². The summed E-state index contributed by atoms with van der Waals surface area (Å²) >= 11 is 0. The third-order valence-corrected chi connectivity index (χ3v) is 4.40. The van der Waals surface area contributed by atoms with Gasteiger partial charge in [-0.25, -0.2) is 17.6 Å². The van der Waals surface area contributed by atoms with Crippen LogP contribution in [0.4, 0.5) is 30.4 Å². The first-order valence-corrected chi connectivity index (χ1v) is 12.1. The lowest BCUT2D eigenvalue weighted by Gasteiger charge is -2.08. The number of rotatable bonds is 6. The van der Waals surface area contributed by atoms with E-state index in [1.807, 2.05) is 0 Å². The van der Waals surface area contributed by atoms with Crippen molar-refractivity contribution in [1.29, 1.82) is 0 Å². The van der Waals surface area contributed by atoms with Gasteiger partial charge in [0.25, 0.3) is 0 Å². The maximum absolute atomic E-state index is 10.7. The fourth-order valence-corrected chi connectivity index (χ4v) is 2.27. The normalized spacial score (nSPS) is 11.2. The monoisotopic (exact) mass is 536 g/mol. The second-order valence-corrected chi connectivity index (χ2v) is 8.71. The highest BCUT2D eigenvalue weighted by atomic mass is 32.2. The molecule has 0 aliphatic rings. The summed E-state index contributed by atoms with van der Waals surface area (Å²) in [5.74, 6) is 0. The van der Waals surface area contributed by atoms with Crippen molar-refractivity contribution < 1.29 is 52.5 Å². The van der Waals surface area contributed by atoms with Crippen LogP contribution in [0.1, 0.15) is 50.7 Å². The van der Waals surface area contributed by atoms with Gasteiger partial charge in [-0.1, -0.05) is 26.7 Å². The van der Waals surface area contributed by atoms with Crippen LogP contribution in [0.15, 0.2) is 49.1 Å². The van der Waals surface area contributed by atoms with E-state index in [-0.39, 0.29) is 0 Å². The fourth-order valence-electron chi connectivity index (χ4n) is 2.27. The highest BCUT2D eigenvalue weighted by Gasteiger charge is 2.36. The average Bonchev–Trinajstić information content (AvgIpc) is 2.69. The molecule has 0 saturated heterocycles. The minimum Gasteiger partial charge on any atom is -0.741 e. The number of halogens is 7. The van der Waals surface area contributed by atoms with E-state index in [2.05, 4.69) is 85.9 Å². The summed E-state index contributed by atoms with van der Waals surface area (Å²) in [5, 5.41) is 0. The van der Waals surface area contributed by atoms with Crippen LogP contribution in [0.25, 0.3) is 0 Å². The van der Waals surface area contributed by atoms with Crippen molar-refractivity contribution in [3.63, 3.8) is 0 Å². The van der Waals surface area contributed by atoms with E-state index < -0.39 is 22.9 Å². The first-order chi connectivity index (χ1) is 15.9. The Morgan fingerprint density at radius 1 is 0.829 bits per heavy atom. The molecular formula is C21H32BF7N2O3S. The number of aryl methyl sites for hydroxylation is 4. The molecule has 0 unspecified atom stereocenters. The summed E-state index contributed by atoms with van der Waals surface area (Å²) in [4.78, 5) is 0. The van der Waals surface area contributed by atoms with Crippen LogP contribution in [0.5, 0.6) is 0 Å². The lowest BCUT2D eigenvalue weighted by Crippen LogP contribution is -2.32. The standard InChI is InChI=1S/2C10H16N.CHF3O3S.BF4/c2*1-3-4-7-11-8-5-6-10(2)9-11;2-1(3,4)8(5,6)7;2-1(3,4)5/h2*5-6,8-9H,3-4,7H2,1-2H3;(H,5,6,7);/q2*+1;;-1/p-1. The molecule has 0 atom stereocenters. The highest BCUT2D eigenvalue weighted by Crippen LogP contribution is 2.20. The molecule has 0 aliphatic carbocycles. The number of alkyl halides is 3. The zero-order valence-corrected chi connectivity index (χ0v) is 20.9. The second kappa shape index (κ2) is 17.3. The zero-order valence-electron chi connectivity index (χ0n) is 20.1. The molecular weight excluding hydrogens is 504 g/mol. The smallest absolute Gasteiger partial charge is 0.673 e. The summed E-state index contributed by atoms with van der Waals surface area (Å²) in [6.45, 7) is 11.0. The molecule has 2 rings (SSSR count). The number of hydrogen-bond acceptors (Lipinski definition) is 3. The molecule has 0 bridgehead atoms. The topological polar surface area (TPSA) is 65.0 Å². The van der Waals surface area contributed by atoms with Crippen LogP contribution < -0.4 is 9.13 Å². The summed E-state index contributed by atoms with van der Waals surface area (Å²) in [7, 11) is -12.1. The molecule has 2 aromatic heterocycles. The van der Waals surface area contributed by atoms with E-state index in [1.165, 1.54) is 36.8 Å². The second-order valence-electron chi connectivity index (χ2n) is 7.34. The Morgan fingerprint density at radius 3 is 1.31 bits per heavy atom. The Bertz CT molecular complexity index is 886. The summed E-state index contributed by atoms with van der Waals surface area (Å²) in [5.41, 5.74) is -2.97. The Morgan fingerprint density at radius 2 is 1.11 bits per heavy atom. The molecule has 2 aromatic rings. The highest BCUT2D eigenvalue weighted by molar-refractivity contribution is 7.86. The molecule has 0 N–H and O–H groups in total. The molecule has 35 heavy (non-hydrogen) atoms. The number of pyridine rings is 2. The van der Waals surface area contributed by atoms with E-state index in [1.54, 1.807) is 0 Å². The third-order valence-electron chi connectivity index (χ3n) is 3.84. The number of unbranched alkanes of at least 4 members (excludes halogenated alkanes) is 2. The maximum atomic E-state index is 10.7. The van der Waals surface area contributed by atoms with Crippen molar-refractivity contribution in [2.24, 2.45) is 0 Å². The van der Waals surface area contributed by atoms with Gasteiger partial charge in [0.05, 0.1) is 0 Å². The van der Waals surface area contributed by atoms with Gasteiger partial charge in [0, 0.05) is 36.1 Å². The minimum absolute atomic E-state index is 1.15. The number of nitrogens with zero attached hydrogens (tertiary/aromatic N) is 2.